The number of aryl methyl sites for hydroxylation is 1. The quantitative estimate of drug-likeness (QED) is 0.888. The van der Waals surface area contributed by atoms with Gasteiger partial charge in [-0.25, -0.2) is 0 Å². The Hall–Kier alpha value is -1.55. The van der Waals surface area contributed by atoms with Crippen molar-refractivity contribution in [2.75, 3.05) is 13.2 Å². The molecule has 4 nitrogen and oxygen atoms in total. The van der Waals surface area contributed by atoms with Crippen LogP contribution in [0.5, 0.6) is 5.75 Å². The zero-order chi connectivity index (χ0) is 14.7. The summed E-state index contributed by atoms with van der Waals surface area (Å²) in [6.45, 7) is 4.65. The fourth-order valence-corrected chi connectivity index (χ4v) is 2.86. The maximum absolute atomic E-state index is 12.6. The second kappa shape index (κ2) is 6.27. The van der Waals surface area contributed by atoms with Gasteiger partial charge in [-0.1, -0.05) is 6.07 Å². The average molecular weight is 277 g/mol. The van der Waals surface area contributed by atoms with Gasteiger partial charge in [0.05, 0.1) is 5.56 Å². The van der Waals surface area contributed by atoms with Gasteiger partial charge in [0.2, 0.25) is 0 Å². The van der Waals surface area contributed by atoms with Gasteiger partial charge in [-0.15, -0.1) is 0 Å². The summed E-state index contributed by atoms with van der Waals surface area (Å²) >= 11 is 0. The third-order valence-corrected chi connectivity index (χ3v) is 4.27. The van der Waals surface area contributed by atoms with E-state index in [1.54, 1.807) is 6.07 Å². The molecule has 1 unspecified atom stereocenters. The molecular weight excluding hydrogens is 254 g/mol. The maximum Gasteiger partial charge on any atom is 0.257 e. The lowest BCUT2D eigenvalue weighted by molar-refractivity contribution is 0.0721. The molecule has 2 rings (SSSR count). The number of hydrogen-bond donors (Lipinski definition) is 2. The molecular formula is C16H23NO3. The van der Waals surface area contributed by atoms with E-state index in [-0.39, 0.29) is 24.3 Å². The summed E-state index contributed by atoms with van der Waals surface area (Å²) in [4.78, 5) is 14.5. The van der Waals surface area contributed by atoms with Gasteiger partial charge in [0.1, 0.15) is 5.75 Å². The predicted octanol–water partition coefficient (Wildman–Crippen LogP) is 2.39. The number of carbonyl (C=O) groups excluding carboxylic acids is 1. The summed E-state index contributed by atoms with van der Waals surface area (Å²) < 4.78 is 0. The van der Waals surface area contributed by atoms with Crippen molar-refractivity contribution in [1.82, 2.24) is 4.90 Å². The lowest BCUT2D eigenvalue weighted by Gasteiger charge is -2.25. The Morgan fingerprint density at radius 1 is 1.40 bits per heavy atom. The number of nitrogens with zero attached hydrogens (tertiary/aromatic N) is 1. The van der Waals surface area contributed by atoms with E-state index in [4.69, 9.17) is 5.11 Å². The minimum absolute atomic E-state index is 0.0916. The molecule has 110 valence electrons. The highest BCUT2D eigenvalue weighted by molar-refractivity contribution is 5.97. The van der Waals surface area contributed by atoms with Gasteiger partial charge < -0.3 is 15.1 Å². The molecule has 1 aromatic carbocycles. The number of aliphatic hydroxyl groups is 1. The first-order chi connectivity index (χ1) is 9.56. The van der Waals surface area contributed by atoms with Crippen LogP contribution in [-0.4, -0.2) is 40.2 Å². The van der Waals surface area contributed by atoms with Gasteiger partial charge in [0.15, 0.2) is 0 Å². The number of phenolic OH excluding ortho intramolecular Hbond substituents is 1. The van der Waals surface area contributed by atoms with Crippen LogP contribution in [0.1, 0.15) is 47.2 Å². The minimum Gasteiger partial charge on any atom is -0.507 e. The van der Waals surface area contributed by atoms with E-state index in [2.05, 4.69) is 0 Å². The molecule has 0 bridgehead atoms. The van der Waals surface area contributed by atoms with E-state index in [0.717, 1.165) is 36.9 Å². The number of carbonyl (C=O) groups is 1. The van der Waals surface area contributed by atoms with Crippen LogP contribution < -0.4 is 0 Å². The van der Waals surface area contributed by atoms with Crippen molar-refractivity contribution in [3.63, 3.8) is 0 Å². The first kappa shape index (κ1) is 14.9. The lowest BCUT2D eigenvalue weighted by Crippen LogP contribution is -2.35. The normalized spacial score (nSPS) is 18.6. The fraction of sp³-hybridized carbons (Fsp3) is 0.562. The molecule has 1 aromatic rings. The monoisotopic (exact) mass is 277 g/mol. The van der Waals surface area contributed by atoms with Gasteiger partial charge in [-0.3, -0.25) is 4.79 Å². The van der Waals surface area contributed by atoms with Crippen molar-refractivity contribution in [2.24, 2.45) is 0 Å². The van der Waals surface area contributed by atoms with Crippen molar-refractivity contribution < 1.29 is 15.0 Å². The summed E-state index contributed by atoms with van der Waals surface area (Å²) in [6.07, 6.45) is 3.52. The van der Waals surface area contributed by atoms with Crippen LogP contribution in [-0.2, 0) is 0 Å². The van der Waals surface area contributed by atoms with E-state index < -0.39 is 0 Å². The maximum atomic E-state index is 12.6. The summed E-state index contributed by atoms with van der Waals surface area (Å²) in [6, 6.07) is 3.78. The van der Waals surface area contributed by atoms with Crippen molar-refractivity contribution >= 4 is 5.91 Å². The third-order valence-electron chi connectivity index (χ3n) is 4.27. The highest BCUT2D eigenvalue weighted by Gasteiger charge is 2.30. The molecule has 0 radical (unpaired) electrons. The number of phenols is 1. The molecule has 0 aliphatic carbocycles. The Labute approximate surface area is 120 Å². The van der Waals surface area contributed by atoms with E-state index in [0.29, 0.717) is 12.0 Å². The first-order valence-corrected chi connectivity index (χ1v) is 7.27. The zero-order valence-corrected chi connectivity index (χ0v) is 12.2. The Balaban J connectivity index is 2.20. The molecule has 1 saturated heterocycles. The molecule has 0 aromatic heterocycles. The van der Waals surface area contributed by atoms with Crippen molar-refractivity contribution in [1.29, 1.82) is 0 Å². The molecule has 4 heteroatoms. The minimum atomic E-state index is -0.0916. The lowest BCUT2D eigenvalue weighted by atomic mass is 10.0. The highest BCUT2D eigenvalue weighted by Crippen LogP contribution is 2.29. The fourth-order valence-electron chi connectivity index (χ4n) is 2.86. The third kappa shape index (κ3) is 2.80. The van der Waals surface area contributed by atoms with Crippen molar-refractivity contribution in [2.45, 2.75) is 45.6 Å². The van der Waals surface area contributed by atoms with Crippen LogP contribution in [0.15, 0.2) is 12.1 Å². The first-order valence-electron chi connectivity index (χ1n) is 7.27. The van der Waals surface area contributed by atoms with Gasteiger partial charge in [-0.2, -0.15) is 0 Å². The average Bonchev–Trinajstić information content (AvgIpc) is 2.90. The number of amides is 1. The zero-order valence-electron chi connectivity index (χ0n) is 12.2. The van der Waals surface area contributed by atoms with Crippen LogP contribution in [0.4, 0.5) is 0 Å². The molecule has 1 amide bonds. The number of aromatic hydroxyl groups is 1. The molecule has 0 spiro atoms. The number of likely N-dealkylation sites (tertiary alicyclic amines) is 1. The molecule has 1 aliphatic heterocycles. The molecule has 0 saturated carbocycles. The van der Waals surface area contributed by atoms with E-state index in [1.165, 1.54) is 0 Å². The van der Waals surface area contributed by atoms with Crippen molar-refractivity contribution in [3.05, 3.63) is 28.8 Å². The van der Waals surface area contributed by atoms with Crippen LogP contribution >= 0.6 is 0 Å². The standard InChI is InChI=1S/C16H23NO3/c1-11-7-8-14(15(19)12(11)2)16(20)17-9-3-5-13(17)6-4-10-18/h7-8,13,18-19H,3-6,9-10H2,1-2H3. The van der Waals surface area contributed by atoms with Crippen molar-refractivity contribution in [3.8, 4) is 5.75 Å². The Morgan fingerprint density at radius 2 is 2.15 bits per heavy atom. The highest BCUT2D eigenvalue weighted by atomic mass is 16.3. The summed E-state index contributed by atoms with van der Waals surface area (Å²) in [5.41, 5.74) is 2.14. The summed E-state index contributed by atoms with van der Waals surface area (Å²) in [5, 5.41) is 19.1. The predicted molar refractivity (Wildman–Crippen MR) is 78.0 cm³/mol. The molecule has 1 atom stereocenters. The SMILES string of the molecule is Cc1ccc(C(=O)N2CCCC2CCCO)c(O)c1C. The molecule has 1 aliphatic rings. The largest absolute Gasteiger partial charge is 0.507 e. The number of benzene rings is 1. The van der Waals surface area contributed by atoms with Gasteiger partial charge >= 0.3 is 0 Å². The van der Waals surface area contributed by atoms with Crippen LogP contribution in [0.2, 0.25) is 0 Å². The van der Waals surface area contributed by atoms with Crippen LogP contribution in [0.25, 0.3) is 0 Å². The summed E-state index contributed by atoms with van der Waals surface area (Å²) in [5.74, 6) is 0.00819. The number of aliphatic hydroxyl groups excluding tert-OH is 1. The number of rotatable bonds is 4. The second-order valence-electron chi connectivity index (χ2n) is 5.56. The summed E-state index contributed by atoms with van der Waals surface area (Å²) in [7, 11) is 0. The van der Waals surface area contributed by atoms with Crippen LogP contribution in [0.3, 0.4) is 0 Å². The Bertz CT molecular complexity index is 499. The molecule has 2 N–H and O–H groups in total. The van der Waals surface area contributed by atoms with E-state index >= 15 is 0 Å². The topological polar surface area (TPSA) is 60.8 Å². The van der Waals surface area contributed by atoms with Crippen LogP contribution in [0, 0.1) is 13.8 Å². The van der Waals surface area contributed by atoms with E-state index in [9.17, 15) is 9.90 Å². The molecule has 20 heavy (non-hydrogen) atoms. The Morgan fingerprint density at radius 3 is 2.85 bits per heavy atom. The second-order valence-corrected chi connectivity index (χ2v) is 5.56. The molecule has 1 fully saturated rings. The van der Waals surface area contributed by atoms with Gasteiger partial charge in [0, 0.05) is 19.2 Å². The van der Waals surface area contributed by atoms with Gasteiger partial charge in [-0.05, 0) is 56.7 Å². The smallest absolute Gasteiger partial charge is 0.257 e. The number of hydrogen-bond acceptors (Lipinski definition) is 3. The molecule has 1 heterocycles. The Kier molecular flexibility index (Phi) is 4.65. The van der Waals surface area contributed by atoms with E-state index in [1.807, 2.05) is 24.8 Å². The van der Waals surface area contributed by atoms with Gasteiger partial charge in [0.25, 0.3) is 5.91 Å².